The second-order valence-electron chi connectivity index (χ2n) is 5.14. The zero-order chi connectivity index (χ0) is 15.5. The second kappa shape index (κ2) is 6.16. The number of amides is 1. The Kier molecular flexibility index (Phi) is 4.07. The molecule has 1 heterocycles. The van der Waals surface area contributed by atoms with Gasteiger partial charge in [-0.3, -0.25) is 9.78 Å². The zero-order valence-corrected chi connectivity index (χ0v) is 12.9. The standard InChI is InChI=1S/C18H15ClN2O/c1-21(18(22)10-13-5-4-7-15(19)9-13)17-12-20-11-14-6-2-3-8-16(14)17/h2-9,11-12H,10H2,1H3. The molecule has 3 aromatic rings. The number of aromatic nitrogens is 1. The van der Waals surface area contributed by atoms with Crippen LogP contribution in [0.4, 0.5) is 5.69 Å². The van der Waals surface area contributed by atoms with Gasteiger partial charge in [-0.15, -0.1) is 0 Å². The van der Waals surface area contributed by atoms with Crippen LogP contribution in [0, 0.1) is 0 Å². The minimum absolute atomic E-state index is 0.000389. The predicted molar refractivity (Wildman–Crippen MR) is 90.3 cm³/mol. The molecule has 0 radical (unpaired) electrons. The monoisotopic (exact) mass is 310 g/mol. The Morgan fingerprint density at radius 1 is 1.14 bits per heavy atom. The van der Waals surface area contributed by atoms with E-state index >= 15 is 0 Å². The molecular formula is C18H15ClN2O. The smallest absolute Gasteiger partial charge is 0.231 e. The van der Waals surface area contributed by atoms with E-state index in [1.807, 2.05) is 42.5 Å². The highest BCUT2D eigenvalue weighted by Gasteiger charge is 2.14. The molecule has 0 saturated carbocycles. The summed E-state index contributed by atoms with van der Waals surface area (Å²) in [7, 11) is 1.77. The molecule has 0 N–H and O–H groups in total. The molecule has 0 atom stereocenters. The summed E-state index contributed by atoms with van der Waals surface area (Å²) in [5.74, 6) is 0.000389. The average molecular weight is 311 g/mol. The molecule has 0 spiro atoms. The van der Waals surface area contributed by atoms with Gasteiger partial charge >= 0.3 is 0 Å². The summed E-state index contributed by atoms with van der Waals surface area (Å²) in [6, 6.07) is 15.3. The van der Waals surface area contributed by atoms with Crippen molar-refractivity contribution >= 4 is 34.0 Å². The number of fused-ring (bicyclic) bond motifs is 1. The van der Waals surface area contributed by atoms with Gasteiger partial charge in [0.15, 0.2) is 0 Å². The molecule has 0 fully saturated rings. The molecule has 3 rings (SSSR count). The summed E-state index contributed by atoms with van der Waals surface area (Å²) in [6.07, 6.45) is 3.83. The van der Waals surface area contributed by atoms with E-state index in [2.05, 4.69) is 4.98 Å². The zero-order valence-electron chi connectivity index (χ0n) is 12.2. The molecule has 4 heteroatoms. The average Bonchev–Trinajstić information content (AvgIpc) is 2.53. The number of hydrogen-bond acceptors (Lipinski definition) is 2. The summed E-state index contributed by atoms with van der Waals surface area (Å²) in [4.78, 5) is 18.4. The maximum Gasteiger partial charge on any atom is 0.231 e. The van der Waals surface area contributed by atoms with Crippen LogP contribution < -0.4 is 4.90 Å². The van der Waals surface area contributed by atoms with Crippen molar-refractivity contribution in [2.45, 2.75) is 6.42 Å². The minimum atomic E-state index is 0.000389. The Hall–Kier alpha value is -2.39. The number of benzene rings is 2. The number of rotatable bonds is 3. The Morgan fingerprint density at radius 3 is 2.77 bits per heavy atom. The number of hydrogen-bond donors (Lipinski definition) is 0. The van der Waals surface area contributed by atoms with Gasteiger partial charge in [0.2, 0.25) is 5.91 Å². The first-order valence-electron chi connectivity index (χ1n) is 6.99. The van der Waals surface area contributed by atoms with Crippen LogP contribution in [0.2, 0.25) is 5.02 Å². The van der Waals surface area contributed by atoms with Gasteiger partial charge in [0, 0.05) is 29.0 Å². The SMILES string of the molecule is CN(C(=O)Cc1cccc(Cl)c1)c1cncc2ccccc12. The topological polar surface area (TPSA) is 33.2 Å². The largest absolute Gasteiger partial charge is 0.313 e. The highest BCUT2D eigenvalue weighted by Crippen LogP contribution is 2.25. The lowest BCUT2D eigenvalue weighted by atomic mass is 10.1. The lowest BCUT2D eigenvalue weighted by Crippen LogP contribution is -2.28. The molecule has 3 nitrogen and oxygen atoms in total. The van der Waals surface area contributed by atoms with Crippen molar-refractivity contribution in [3.63, 3.8) is 0 Å². The number of likely N-dealkylation sites (N-methyl/N-ethyl adjacent to an activating group) is 1. The van der Waals surface area contributed by atoms with Crippen LogP contribution in [0.25, 0.3) is 10.8 Å². The Balaban J connectivity index is 1.89. The molecule has 0 aliphatic heterocycles. The molecule has 110 valence electrons. The van der Waals surface area contributed by atoms with Crippen molar-refractivity contribution < 1.29 is 4.79 Å². The summed E-state index contributed by atoms with van der Waals surface area (Å²) in [6.45, 7) is 0. The maximum atomic E-state index is 12.5. The summed E-state index contributed by atoms with van der Waals surface area (Å²) < 4.78 is 0. The number of anilines is 1. The third-order valence-electron chi connectivity index (χ3n) is 3.63. The van der Waals surface area contributed by atoms with Crippen molar-refractivity contribution in [2.75, 3.05) is 11.9 Å². The summed E-state index contributed by atoms with van der Waals surface area (Å²) in [5, 5.41) is 2.67. The number of carbonyl (C=O) groups is 1. The molecule has 0 saturated heterocycles. The van der Waals surface area contributed by atoms with E-state index in [1.165, 1.54) is 0 Å². The predicted octanol–water partition coefficient (Wildman–Crippen LogP) is 4.09. The van der Waals surface area contributed by atoms with Gasteiger partial charge in [-0.05, 0) is 17.7 Å². The molecule has 0 aliphatic rings. The highest BCUT2D eigenvalue weighted by atomic mass is 35.5. The van der Waals surface area contributed by atoms with Crippen molar-refractivity contribution in [3.8, 4) is 0 Å². The first kappa shape index (κ1) is 14.5. The van der Waals surface area contributed by atoms with Gasteiger partial charge in [-0.1, -0.05) is 48.0 Å². The third-order valence-corrected chi connectivity index (χ3v) is 3.86. The van der Waals surface area contributed by atoms with Gasteiger partial charge in [0.1, 0.15) is 0 Å². The minimum Gasteiger partial charge on any atom is -0.313 e. The van der Waals surface area contributed by atoms with E-state index in [9.17, 15) is 4.79 Å². The number of pyridine rings is 1. The van der Waals surface area contributed by atoms with Crippen LogP contribution >= 0.6 is 11.6 Å². The van der Waals surface area contributed by atoms with E-state index in [4.69, 9.17) is 11.6 Å². The quantitative estimate of drug-likeness (QED) is 0.730. The van der Waals surface area contributed by atoms with Crippen LogP contribution in [-0.4, -0.2) is 17.9 Å². The molecule has 1 aromatic heterocycles. The van der Waals surface area contributed by atoms with E-state index in [0.29, 0.717) is 11.4 Å². The van der Waals surface area contributed by atoms with Crippen molar-refractivity contribution in [2.24, 2.45) is 0 Å². The molecule has 22 heavy (non-hydrogen) atoms. The molecular weight excluding hydrogens is 296 g/mol. The second-order valence-corrected chi connectivity index (χ2v) is 5.58. The highest BCUT2D eigenvalue weighted by molar-refractivity contribution is 6.30. The maximum absolute atomic E-state index is 12.5. The van der Waals surface area contributed by atoms with E-state index < -0.39 is 0 Å². The van der Waals surface area contributed by atoms with Crippen LogP contribution in [0.5, 0.6) is 0 Å². The first-order valence-corrected chi connectivity index (χ1v) is 7.37. The van der Waals surface area contributed by atoms with Crippen molar-refractivity contribution in [1.82, 2.24) is 4.98 Å². The lowest BCUT2D eigenvalue weighted by Gasteiger charge is -2.19. The van der Waals surface area contributed by atoms with Gasteiger partial charge in [-0.2, -0.15) is 0 Å². The van der Waals surface area contributed by atoms with Gasteiger partial charge in [-0.25, -0.2) is 0 Å². The van der Waals surface area contributed by atoms with Crippen molar-refractivity contribution in [1.29, 1.82) is 0 Å². The number of nitrogens with zero attached hydrogens (tertiary/aromatic N) is 2. The van der Waals surface area contributed by atoms with E-state index in [0.717, 1.165) is 22.0 Å². The van der Waals surface area contributed by atoms with E-state index in [1.54, 1.807) is 30.4 Å². The molecule has 0 bridgehead atoms. The molecule has 2 aromatic carbocycles. The Labute approximate surface area is 134 Å². The molecule has 1 amide bonds. The fourth-order valence-corrected chi connectivity index (χ4v) is 2.66. The third kappa shape index (κ3) is 2.95. The first-order chi connectivity index (χ1) is 10.6. The summed E-state index contributed by atoms with van der Waals surface area (Å²) >= 11 is 5.97. The fourth-order valence-electron chi connectivity index (χ4n) is 2.44. The van der Waals surface area contributed by atoms with Crippen LogP contribution in [-0.2, 0) is 11.2 Å². The molecule has 0 aliphatic carbocycles. The normalized spacial score (nSPS) is 10.6. The fraction of sp³-hybridized carbons (Fsp3) is 0.111. The Morgan fingerprint density at radius 2 is 1.95 bits per heavy atom. The van der Waals surface area contributed by atoms with Gasteiger partial charge < -0.3 is 4.90 Å². The number of carbonyl (C=O) groups excluding carboxylic acids is 1. The Bertz CT molecular complexity index is 827. The van der Waals surface area contributed by atoms with Crippen LogP contribution in [0.15, 0.2) is 60.9 Å². The van der Waals surface area contributed by atoms with E-state index in [-0.39, 0.29) is 5.91 Å². The van der Waals surface area contributed by atoms with Gasteiger partial charge in [0.05, 0.1) is 18.3 Å². The summed E-state index contributed by atoms with van der Waals surface area (Å²) in [5.41, 5.74) is 1.71. The molecule has 0 unspecified atom stereocenters. The lowest BCUT2D eigenvalue weighted by molar-refractivity contribution is -0.117. The van der Waals surface area contributed by atoms with Crippen LogP contribution in [0.1, 0.15) is 5.56 Å². The van der Waals surface area contributed by atoms with Crippen molar-refractivity contribution in [3.05, 3.63) is 71.5 Å². The van der Waals surface area contributed by atoms with Crippen LogP contribution in [0.3, 0.4) is 0 Å². The number of halogens is 1. The van der Waals surface area contributed by atoms with Gasteiger partial charge in [0.25, 0.3) is 0 Å².